The molecular formula is C11H10F3NO. The van der Waals surface area contributed by atoms with Crippen molar-refractivity contribution in [1.82, 2.24) is 0 Å². The average molecular weight is 229 g/mol. The number of alkyl halides is 3. The quantitative estimate of drug-likeness (QED) is 0.797. The first-order valence-corrected chi connectivity index (χ1v) is 4.70. The third-order valence-electron chi connectivity index (χ3n) is 2.06. The molecule has 0 aromatic heterocycles. The van der Waals surface area contributed by atoms with Crippen LogP contribution in [0, 0.1) is 11.3 Å². The van der Waals surface area contributed by atoms with Crippen molar-refractivity contribution < 1.29 is 17.9 Å². The number of benzene rings is 1. The maximum Gasteiger partial charge on any atom is 0.573 e. The van der Waals surface area contributed by atoms with E-state index in [0.29, 0.717) is 12.0 Å². The Morgan fingerprint density at radius 1 is 1.31 bits per heavy atom. The maximum absolute atomic E-state index is 12.0. The summed E-state index contributed by atoms with van der Waals surface area (Å²) in [7, 11) is 0. The van der Waals surface area contributed by atoms with Gasteiger partial charge in [0, 0.05) is 0 Å². The molecular weight excluding hydrogens is 219 g/mol. The lowest BCUT2D eigenvalue weighted by atomic mass is 10.0. The van der Waals surface area contributed by atoms with E-state index in [9.17, 15) is 13.2 Å². The molecule has 1 rings (SSSR count). The summed E-state index contributed by atoms with van der Waals surface area (Å²) in [6.45, 7) is 1.88. The van der Waals surface area contributed by atoms with Crippen LogP contribution >= 0.6 is 0 Å². The first-order valence-electron chi connectivity index (χ1n) is 4.70. The summed E-state index contributed by atoms with van der Waals surface area (Å²) in [6.07, 6.45) is -3.95. The van der Waals surface area contributed by atoms with Crippen molar-refractivity contribution >= 4 is 0 Å². The Morgan fingerprint density at radius 3 is 2.50 bits per heavy atom. The number of rotatable bonds is 3. The summed E-state index contributed by atoms with van der Waals surface area (Å²) in [5.74, 6) is -0.282. The van der Waals surface area contributed by atoms with Gasteiger partial charge in [0.15, 0.2) is 0 Å². The average Bonchev–Trinajstić information content (AvgIpc) is 2.16. The monoisotopic (exact) mass is 229 g/mol. The molecule has 86 valence electrons. The Labute approximate surface area is 91.3 Å². The zero-order valence-corrected chi connectivity index (χ0v) is 8.64. The number of halogens is 3. The van der Waals surface area contributed by atoms with Gasteiger partial charge in [-0.2, -0.15) is 5.26 Å². The first-order chi connectivity index (χ1) is 7.46. The minimum atomic E-state index is -4.70. The third-order valence-corrected chi connectivity index (χ3v) is 2.06. The molecule has 0 heterocycles. The van der Waals surface area contributed by atoms with E-state index in [0.717, 1.165) is 5.56 Å². The largest absolute Gasteiger partial charge is 0.573 e. The van der Waals surface area contributed by atoms with Crippen molar-refractivity contribution in [2.75, 3.05) is 0 Å². The van der Waals surface area contributed by atoms with Gasteiger partial charge in [-0.05, 0) is 29.7 Å². The van der Waals surface area contributed by atoms with Crippen molar-refractivity contribution in [3.63, 3.8) is 0 Å². The van der Waals surface area contributed by atoms with Crippen molar-refractivity contribution in [1.29, 1.82) is 5.26 Å². The van der Waals surface area contributed by atoms with Crippen LogP contribution in [0.5, 0.6) is 5.75 Å². The molecule has 0 aliphatic rings. The lowest BCUT2D eigenvalue weighted by Crippen LogP contribution is -2.17. The van der Waals surface area contributed by atoms with E-state index in [1.807, 2.05) is 13.0 Å². The van der Waals surface area contributed by atoms with E-state index in [4.69, 9.17) is 5.26 Å². The van der Waals surface area contributed by atoms with Crippen LogP contribution in [0.25, 0.3) is 0 Å². The Balaban J connectivity index is 2.98. The number of nitrogens with zero attached hydrogens (tertiary/aromatic N) is 1. The maximum atomic E-state index is 12.0. The summed E-state index contributed by atoms with van der Waals surface area (Å²) < 4.78 is 39.6. The number of hydrogen-bond acceptors (Lipinski definition) is 2. The standard InChI is InChI=1S/C11H10F3NO/c1-2-8-3-4-10(16-11(12,13)14)7-9(8)5-6-15/h3-4,7H,2,5H2,1H3. The van der Waals surface area contributed by atoms with Gasteiger partial charge in [0.25, 0.3) is 0 Å². The predicted molar refractivity (Wildman–Crippen MR) is 51.8 cm³/mol. The Bertz CT molecular complexity index is 407. The van der Waals surface area contributed by atoms with Gasteiger partial charge in [0.1, 0.15) is 5.75 Å². The summed E-state index contributed by atoms with van der Waals surface area (Å²) in [4.78, 5) is 0. The van der Waals surface area contributed by atoms with Crippen molar-refractivity contribution in [3.05, 3.63) is 29.3 Å². The third kappa shape index (κ3) is 3.46. The summed E-state index contributed by atoms with van der Waals surface area (Å²) in [5.41, 5.74) is 1.43. The van der Waals surface area contributed by atoms with Crippen LogP contribution in [0.3, 0.4) is 0 Å². The summed E-state index contributed by atoms with van der Waals surface area (Å²) in [5, 5.41) is 8.55. The van der Waals surface area contributed by atoms with Gasteiger partial charge in [-0.1, -0.05) is 13.0 Å². The van der Waals surface area contributed by atoms with Crippen LogP contribution < -0.4 is 4.74 Å². The number of aryl methyl sites for hydroxylation is 1. The fraction of sp³-hybridized carbons (Fsp3) is 0.364. The normalized spacial score (nSPS) is 10.9. The number of nitriles is 1. The van der Waals surface area contributed by atoms with Crippen LogP contribution in [0.1, 0.15) is 18.1 Å². The molecule has 16 heavy (non-hydrogen) atoms. The van der Waals surface area contributed by atoms with Gasteiger partial charge in [-0.15, -0.1) is 13.2 Å². The molecule has 0 aliphatic carbocycles. The molecule has 0 N–H and O–H groups in total. The van der Waals surface area contributed by atoms with Crippen LogP contribution in [0.4, 0.5) is 13.2 Å². The smallest absolute Gasteiger partial charge is 0.406 e. The van der Waals surface area contributed by atoms with Gasteiger partial charge < -0.3 is 4.74 Å². The van der Waals surface area contributed by atoms with Gasteiger partial charge in [0.05, 0.1) is 12.5 Å². The zero-order valence-electron chi connectivity index (χ0n) is 8.64. The van der Waals surface area contributed by atoms with E-state index >= 15 is 0 Å². The Morgan fingerprint density at radius 2 is 2.00 bits per heavy atom. The van der Waals surface area contributed by atoms with Crippen molar-refractivity contribution in [2.45, 2.75) is 26.1 Å². The van der Waals surface area contributed by atoms with Crippen LogP contribution in [-0.4, -0.2) is 6.36 Å². The second-order valence-electron chi connectivity index (χ2n) is 3.17. The Kier molecular flexibility index (Phi) is 3.78. The SMILES string of the molecule is CCc1ccc(OC(F)(F)F)cc1CC#N. The molecule has 0 amide bonds. The molecule has 5 heteroatoms. The minimum Gasteiger partial charge on any atom is -0.406 e. The molecule has 0 saturated heterocycles. The van der Waals surface area contributed by atoms with Crippen molar-refractivity contribution in [2.24, 2.45) is 0 Å². The predicted octanol–water partition coefficient (Wildman–Crippen LogP) is 3.21. The number of hydrogen-bond donors (Lipinski definition) is 0. The van der Waals surface area contributed by atoms with Gasteiger partial charge >= 0.3 is 6.36 Å². The fourth-order valence-electron chi connectivity index (χ4n) is 1.39. The molecule has 0 atom stereocenters. The van der Waals surface area contributed by atoms with Gasteiger partial charge in [-0.3, -0.25) is 0 Å². The molecule has 0 fully saturated rings. The molecule has 1 aromatic carbocycles. The summed E-state index contributed by atoms with van der Waals surface area (Å²) >= 11 is 0. The second kappa shape index (κ2) is 4.88. The first kappa shape index (κ1) is 12.4. The summed E-state index contributed by atoms with van der Waals surface area (Å²) in [6, 6.07) is 5.98. The molecule has 0 unspecified atom stereocenters. The second-order valence-corrected chi connectivity index (χ2v) is 3.17. The highest BCUT2D eigenvalue weighted by atomic mass is 19.4. The topological polar surface area (TPSA) is 33.0 Å². The van der Waals surface area contributed by atoms with E-state index in [-0.39, 0.29) is 12.2 Å². The molecule has 0 bridgehead atoms. The highest BCUT2D eigenvalue weighted by molar-refractivity contribution is 5.37. The molecule has 0 spiro atoms. The van der Waals surface area contributed by atoms with Crippen LogP contribution in [-0.2, 0) is 12.8 Å². The minimum absolute atomic E-state index is 0.0816. The molecule has 2 nitrogen and oxygen atoms in total. The highest BCUT2D eigenvalue weighted by Crippen LogP contribution is 2.25. The lowest BCUT2D eigenvalue weighted by Gasteiger charge is -2.11. The molecule has 0 saturated carbocycles. The fourth-order valence-corrected chi connectivity index (χ4v) is 1.39. The molecule has 0 radical (unpaired) electrons. The number of ether oxygens (including phenoxy) is 1. The lowest BCUT2D eigenvalue weighted by molar-refractivity contribution is -0.274. The van der Waals surface area contributed by atoms with Crippen molar-refractivity contribution in [3.8, 4) is 11.8 Å². The van der Waals surface area contributed by atoms with E-state index < -0.39 is 6.36 Å². The zero-order chi connectivity index (χ0) is 12.2. The Hall–Kier alpha value is -1.70. The van der Waals surface area contributed by atoms with Crippen LogP contribution in [0.15, 0.2) is 18.2 Å². The molecule has 0 aliphatic heterocycles. The van der Waals surface area contributed by atoms with E-state index in [2.05, 4.69) is 4.74 Å². The van der Waals surface area contributed by atoms with E-state index in [1.165, 1.54) is 12.1 Å². The van der Waals surface area contributed by atoms with E-state index in [1.54, 1.807) is 6.07 Å². The van der Waals surface area contributed by atoms with Gasteiger partial charge in [-0.25, -0.2) is 0 Å². The molecule has 1 aromatic rings. The highest BCUT2D eigenvalue weighted by Gasteiger charge is 2.31. The van der Waals surface area contributed by atoms with Crippen LogP contribution in [0.2, 0.25) is 0 Å². The van der Waals surface area contributed by atoms with Gasteiger partial charge in [0.2, 0.25) is 0 Å².